The zero-order chi connectivity index (χ0) is 14.2. The number of unbranched alkanes of at least 4 members (excludes halogenated alkanes) is 1. The molecule has 0 amide bonds. The van der Waals surface area contributed by atoms with Gasteiger partial charge in [0.2, 0.25) is 0 Å². The molecule has 0 fully saturated rings. The maximum absolute atomic E-state index is 6.34. The molecule has 0 aliphatic rings. The van der Waals surface area contributed by atoms with Crippen LogP contribution in [0.4, 0.5) is 0 Å². The fourth-order valence-corrected chi connectivity index (χ4v) is 3.15. The van der Waals surface area contributed by atoms with E-state index >= 15 is 0 Å². The van der Waals surface area contributed by atoms with Gasteiger partial charge in [-0.05, 0) is 36.5 Å². The molecule has 0 aliphatic carbocycles. The van der Waals surface area contributed by atoms with E-state index in [2.05, 4.69) is 41.5 Å². The SMILES string of the molecule is CCCCC(CC)CC(N)CC(C)CC(C)(C)C. The fourth-order valence-electron chi connectivity index (χ4n) is 3.15. The Kier molecular flexibility index (Phi) is 8.94. The molecule has 0 aromatic heterocycles. The average Bonchev–Trinajstić information content (AvgIpc) is 2.20. The lowest BCUT2D eigenvalue weighted by atomic mass is 9.81. The largest absolute Gasteiger partial charge is 0.328 e. The molecule has 2 N–H and O–H groups in total. The number of hydrogen-bond acceptors (Lipinski definition) is 1. The van der Waals surface area contributed by atoms with E-state index in [0.717, 1.165) is 11.8 Å². The van der Waals surface area contributed by atoms with Crippen LogP contribution in [0.15, 0.2) is 0 Å². The maximum atomic E-state index is 6.34. The highest BCUT2D eigenvalue weighted by atomic mass is 14.6. The van der Waals surface area contributed by atoms with Crippen LogP contribution in [0, 0.1) is 17.3 Å². The Hall–Kier alpha value is -0.0400. The standard InChI is InChI=1S/C17H37N/c1-7-9-10-15(8-2)12-16(18)11-14(3)13-17(4,5)6/h14-16H,7-13,18H2,1-6H3. The molecule has 0 aromatic rings. The highest BCUT2D eigenvalue weighted by Gasteiger charge is 2.19. The molecule has 0 spiro atoms. The van der Waals surface area contributed by atoms with E-state index in [1.807, 2.05) is 0 Å². The van der Waals surface area contributed by atoms with E-state index < -0.39 is 0 Å². The van der Waals surface area contributed by atoms with Crippen molar-refractivity contribution in [2.75, 3.05) is 0 Å². The van der Waals surface area contributed by atoms with Gasteiger partial charge in [0.15, 0.2) is 0 Å². The Morgan fingerprint density at radius 1 is 1.06 bits per heavy atom. The van der Waals surface area contributed by atoms with Crippen LogP contribution in [0.2, 0.25) is 0 Å². The van der Waals surface area contributed by atoms with Crippen molar-refractivity contribution >= 4 is 0 Å². The Labute approximate surface area is 116 Å². The van der Waals surface area contributed by atoms with E-state index in [9.17, 15) is 0 Å². The lowest BCUT2D eigenvalue weighted by molar-refractivity contribution is 0.270. The van der Waals surface area contributed by atoms with Crippen molar-refractivity contribution < 1.29 is 0 Å². The molecule has 0 aliphatic heterocycles. The van der Waals surface area contributed by atoms with Crippen molar-refractivity contribution in [3.8, 4) is 0 Å². The summed E-state index contributed by atoms with van der Waals surface area (Å²) in [6, 6.07) is 0.407. The predicted molar refractivity (Wildman–Crippen MR) is 83.8 cm³/mol. The van der Waals surface area contributed by atoms with Gasteiger partial charge in [-0.3, -0.25) is 0 Å². The molecule has 110 valence electrons. The van der Waals surface area contributed by atoms with Gasteiger partial charge in [-0.25, -0.2) is 0 Å². The molecular formula is C17H37N. The zero-order valence-electron chi connectivity index (χ0n) is 13.8. The summed E-state index contributed by atoms with van der Waals surface area (Å²) in [7, 11) is 0. The quantitative estimate of drug-likeness (QED) is 0.588. The van der Waals surface area contributed by atoms with E-state index in [1.165, 1.54) is 44.9 Å². The van der Waals surface area contributed by atoms with Crippen LogP contribution in [-0.2, 0) is 0 Å². The van der Waals surface area contributed by atoms with Crippen LogP contribution in [0.3, 0.4) is 0 Å². The van der Waals surface area contributed by atoms with Gasteiger partial charge < -0.3 is 5.73 Å². The molecule has 3 unspecified atom stereocenters. The number of nitrogens with two attached hydrogens (primary N) is 1. The molecule has 0 saturated carbocycles. The summed E-state index contributed by atoms with van der Waals surface area (Å²) >= 11 is 0. The number of hydrogen-bond donors (Lipinski definition) is 1. The first kappa shape index (κ1) is 18.0. The summed E-state index contributed by atoms with van der Waals surface area (Å²) < 4.78 is 0. The Bertz CT molecular complexity index is 192. The molecule has 0 radical (unpaired) electrons. The van der Waals surface area contributed by atoms with Crippen LogP contribution in [0.5, 0.6) is 0 Å². The summed E-state index contributed by atoms with van der Waals surface area (Å²) in [5.41, 5.74) is 6.78. The van der Waals surface area contributed by atoms with Gasteiger partial charge in [0.25, 0.3) is 0 Å². The van der Waals surface area contributed by atoms with Crippen molar-refractivity contribution in [2.24, 2.45) is 23.0 Å². The maximum Gasteiger partial charge on any atom is 0.00440 e. The van der Waals surface area contributed by atoms with Crippen molar-refractivity contribution in [3.05, 3.63) is 0 Å². The van der Waals surface area contributed by atoms with Crippen LogP contribution < -0.4 is 5.73 Å². The highest BCUT2D eigenvalue weighted by Crippen LogP contribution is 2.28. The Morgan fingerprint density at radius 3 is 2.11 bits per heavy atom. The summed E-state index contributed by atoms with van der Waals surface area (Å²) in [6.07, 6.45) is 9.04. The van der Waals surface area contributed by atoms with Crippen LogP contribution >= 0.6 is 0 Å². The molecule has 0 aromatic carbocycles. The minimum atomic E-state index is 0.407. The van der Waals surface area contributed by atoms with Crippen molar-refractivity contribution in [1.29, 1.82) is 0 Å². The molecule has 1 nitrogen and oxygen atoms in total. The van der Waals surface area contributed by atoms with E-state index in [4.69, 9.17) is 5.73 Å². The molecule has 0 rings (SSSR count). The molecule has 0 saturated heterocycles. The van der Waals surface area contributed by atoms with Crippen LogP contribution in [0.25, 0.3) is 0 Å². The predicted octanol–water partition coefficient (Wildman–Crippen LogP) is 5.38. The van der Waals surface area contributed by atoms with Gasteiger partial charge in [0.05, 0.1) is 0 Å². The third-order valence-electron chi connectivity index (χ3n) is 3.85. The van der Waals surface area contributed by atoms with Crippen molar-refractivity contribution in [1.82, 2.24) is 0 Å². The average molecular weight is 255 g/mol. The number of rotatable bonds is 9. The lowest BCUT2D eigenvalue weighted by Gasteiger charge is -2.27. The minimum absolute atomic E-state index is 0.407. The molecule has 1 heteroatoms. The third kappa shape index (κ3) is 9.94. The van der Waals surface area contributed by atoms with Gasteiger partial charge in [0, 0.05) is 6.04 Å². The fraction of sp³-hybridized carbons (Fsp3) is 1.00. The Morgan fingerprint density at radius 2 is 1.67 bits per heavy atom. The Balaban J connectivity index is 3.96. The topological polar surface area (TPSA) is 26.0 Å². The molecule has 18 heavy (non-hydrogen) atoms. The first-order valence-electron chi connectivity index (χ1n) is 8.04. The van der Waals surface area contributed by atoms with E-state index in [1.54, 1.807) is 0 Å². The zero-order valence-corrected chi connectivity index (χ0v) is 13.8. The minimum Gasteiger partial charge on any atom is -0.328 e. The van der Waals surface area contributed by atoms with E-state index in [0.29, 0.717) is 11.5 Å². The summed E-state index contributed by atoms with van der Waals surface area (Å²) in [4.78, 5) is 0. The first-order valence-corrected chi connectivity index (χ1v) is 8.04. The van der Waals surface area contributed by atoms with Crippen molar-refractivity contribution in [2.45, 2.75) is 92.5 Å². The van der Waals surface area contributed by atoms with Gasteiger partial charge in [0.1, 0.15) is 0 Å². The summed E-state index contributed by atoms with van der Waals surface area (Å²) in [5, 5.41) is 0. The first-order chi connectivity index (χ1) is 8.28. The summed E-state index contributed by atoms with van der Waals surface area (Å²) in [5.74, 6) is 1.60. The second-order valence-corrected chi connectivity index (χ2v) is 7.52. The van der Waals surface area contributed by atoms with Gasteiger partial charge in [-0.15, -0.1) is 0 Å². The van der Waals surface area contributed by atoms with Crippen LogP contribution in [0.1, 0.15) is 86.5 Å². The smallest absolute Gasteiger partial charge is 0.00440 e. The van der Waals surface area contributed by atoms with Gasteiger partial charge in [-0.2, -0.15) is 0 Å². The lowest BCUT2D eigenvalue weighted by Crippen LogP contribution is -2.27. The second-order valence-electron chi connectivity index (χ2n) is 7.52. The molecule has 3 atom stereocenters. The third-order valence-corrected chi connectivity index (χ3v) is 3.85. The highest BCUT2D eigenvalue weighted by molar-refractivity contribution is 4.74. The molecule has 0 heterocycles. The monoisotopic (exact) mass is 255 g/mol. The van der Waals surface area contributed by atoms with E-state index in [-0.39, 0.29) is 0 Å². The molecule has 0 bridgehead atoms. The molecular weight excluding hydrogens is 218 g/mol. The second kappa shape index (κ2) is 8.96. The van der Waals surface area contributed by atoms with Crippen LogP contribution in [-0.4, -0.2) is 6.04 Å². The van der Waals surface area contributed by atoms with Gasteiger partial charge in [-0.1, -0.05) is 67.2 Å². The summed E-state index contributed by atoms with van der Waals surface area (Å²) in [6.45, 7) is 13.9. The van der Waals surface area contributed by atoms with Crippen molar-refractivity contribution in [3.63, 3.8) is 0 Å². The normalized spacial score (nSPS) is 17.5. The van der Waals surface area contributed by atoms with Gasteiger partial charge >= 0.3 is 0 Å².